The second kappa shape index (κ2) is 8.35. The van der Waals surface area contributed by atoms with Crippen LogP contribution < -0.4 is 10.2 Å². The number of guanidine groups is 1. The largest absolute Gasteiger partial charge is 0.357 e. The first kappa shape index (κ1) is 18.4. The third-order valence-electron chi connectivity index (χ3n) is 4.40. The Labute approximate surface area is 158 Å². The summed E-state index contributed by atoms with van der Waals surface area (Å²) in [6.45, 7) is 7.43. The first-order chi connectivity index (χ1) is 12.6. The highest BCUT2D eigenvalue weighted by molar-refractivity contribution is 7.10. The van der Waals surface area contributed by atoms with Gasteiger partial charge in [0.05, 0.1) is 18.4 Å². The lowest BCUT2D eigenvalue weighted by atomic mass is 10.1. The second-order valence-electron chi connectivity index (χ2n) is 6.45. The summed E-state index contributed by atoms with van der Waals surface area (Å²) in [5.41, 5.74) is 0.852. The van der Waals surface area contributed by atoms with Gasteiger partial charge in [0.2, 0.25) is 5.91 Å². The molecule has 7 nitrogen and oxygen atoms in total. The maximum absolute atomic E-state index is 12.6. The van der Waals surface area contributed by atoms with Gasteiger partial charge in [0.15, 0.2) is 5.96 Å². The number of aromatic nitrogens is 2. The van der Waals surface area contributed by atoms with Crippen LogP contribution in [-0.2, 0) is 11.8 Å². The third-order valence-corrected chi connectivity index (χ3v) is 5.51. The van der Waals surface area contributed by atoms with E-state index in [0.717, 1.165) is 24.7 Å². The Bertz CT molecular complexity index is 754. The highest BCUT2D eigenvalue weighted by Gasteiger charge is 2.27. The first-order valence-corrected chi connectivity index (χ1v) is 9.82. The molecule has 2 aromatic rings. The summed E-state index contributed by atoms with van der Waals surface area (Å²) < 4.78 is 1.71. The van der Waals surface area contributed by atoms with Gasteiger partial charge in [0, 0.05) is 43.7 Å². The molecule has 140 valence electrons. The molecule has 1 unspecified atom stereocenters. The quantitative estimate of drug-likeness (QED) is 0.641. The molecule has 1 amide bonds. The number of thiophene rings is 1. The maximum atomic E-state index is 12.6. The van der Waals surface area contributed by atoms with Gasteiger partial charge in [0.25, 0.3) is 0 Å². The average molecular weight is 375 g/mol. The number of nitrogens with one attached hydrogen (secondary N) is 1. The number of piperazine rings is 1. The van der Waals surface area contributed by atoms with Crippen molar-refractivity contribution in [2.75, 3.05) is 37.6 Å². The fourth-order valence-electron chi connectivity index (χ4n) is 2.99. The highest BCUT2D eigenvalue weighted by atomic mass is 32.1. The van der Waals surface area contributed by atoms with Crippen molar-refractivity contribution < 1.29 is 4.79 Å². The number of hydrogen-bond acceptors (Lipinski definition) is 4. The van der Waals surface area contributed by atoms with E-state index in [4.69, 9.17) is 4.99 Å². The molecule has 0 bridgehead atoms. The predicted molar refractivity (Wildman–Crippen MR) is 106 cm³/mol. The summed E-state index contributed by atoms with van der Waals surface area (Å²) in [5.74, 6) is 1.26. The minimum Gasteiger partial charge on any atom is -0.357 e. The van der Waals surface area contributed by atoms with Crippen molar-refractivity contribution >= 4 is 28.9 Å². The highest BCUT2D eigenvalue weighted by Crippen LogP contribution is 2.21. The monoisotopic (exact) mass is 374 g/mol. The van der Waals surface area contributed by atoms with Crippen molar-refractivity contribution in [3.63, 3.8) is 0 Å². The van der Waals surface area contributed by atoms with Gasteiger partial charge >= 0.3 is 0 Å². The van der Waals surface area contributed by atoms with Gasteiger partial charge in [-0.25, -0.2) is 0 Å². The summed E-state index contributed by atoms with van der Waals surface area (Å²) in [6.07, 6.45) is 3.60. The topological polar surface area (TPSA) is 65.8 Å². The summed E-state index contributed by atoms with van der Waals surface area (Å²) in [4.78, 5) is 22.6. The number of carbonyl (C=O) groups is 1. The molecule has 3 heterocycles. The van der Waals surface area contributed by atoms with E-state index >= 15 is 0 Å². The van der Waals surface area contributed by atoms with Crippen LogP contribution in [0.15, 0.2) is 34.9 Å². The zero-order chi connectivity index (χ0) is 18.5. The Morgan fingerprint density at radius 3 is 2.92 bits per heavy atom. The predicted octanol–water partition coefficient (Wildman–Crippen LogP) is 1.90. The van der Waals surface area contributed by atoms with Gasteiger partial charge in [-0.05, 0) is 18.4 Å². The van der Waals surface area contributed by atoms with Gasteiger partial charge in [-0.2, -0.15) is 5.10 Å². The van der Waals surface area contributed by atoms with Gasteiger partial charge in [-0.15, -0.1) is 11.3 Å². The molecular formula is C18H26N6OS. The second-order valence-corrected chi connectivity index (χ2v) is 7.43. The van der Waals surface area contributed by atoms with E-state index in [9.17, 15) is 4.79 Å². The Morgan fingerprint density at radius 1 is 1.46 bits per heavy atom. The molecule has 0 aromatic carbocycles. The normalized spacial score (nSPS) is 16.9. The number of aryl methyl sites for hydroxylation is 1. The molecule has 0 radical (unpaired) electrons. The molecule has 1 saturated heterocycles. The fourth-order valence-corrected chi connectivity index (χ4v) is 3.76. The van der Waals surface area contributed by atoms with Crippen LogP contribution in [0.25, 0.3) is 0 Å². The molecule has 1 atom stereocenters. The molecule has 1 fully saturated rings. The lowest BCUT2D eigenvalue weighted by molar-refractivity contribution is -0.120. The molecular weight excluding hydrogens is 348 g/mol. The smallest absolute Gasteiger partial charge is 0.246 e. The van der Waals surface area contributed by atoms with Gasteiger partial charge in [-0.3, -0.25) is 14.5 Å². The third kappa shape index (κ3) is 4.24. The van der Waals surface area contributed by atoms with E-state index in [0.29, 0.717) is 25.6 Å². The lowest BCUT2D eigenvalue weighted by Crippen LogP contribution is -2.55. The van der Waals surface area contributed by atoms with E-state index in [1.54, 1.807) is 27.1 Å². The van der Waals surface area contributed by atoms with Crippen LogP contribution >= 0.6 is 11.3 Å². The fraction of sp³-hybridized carbons (Fsp3) is 0.500. The van der Waals surface area contributed by atoms with Crippen molar-refractivity contribution in [3.8, 4) is 0 Å². The number of amides is 1. The number of hydrogen-bond donors (Lipinski definition) is 1. The number of nitrogens with zero attached hydrogens (tertiary/aromatic N) is 5. The van der Waals surface area contributed by atoms with Crippen LogP contribution in [0.5, 0.6) is 0 Å². The van der Waals surface area contributed by atoms with Crippen LogP contribution in [-0.4, -0.2) is 59.3 Å². The molecule has 3 rings (SSSR count). The maximum Gasteiger partial charge on any atom is 0.246 e. The molecule has 1 N–H and O–H groups in total. The summed E-state index contributed by atoms with van der Waals surface area (Å²) in [6, 6.07) is 4.22. The van der Waals surface area contributed by atoms with Crippen molar-refractivity contribution in [1.29, 1.82) is 0 Å². The Hall–Kier alpha value is -2.35. The minimum absolute atomic E-state index is 0.0705. The van der Waals surface area contributed by atoms with Crippen LogP contribution in [0, 0.1) is 0 Å². The van der Waals surface area contributed by atoms with E-state index in [1.165, 1.54) is 4.88 Å². The summed E-state index contributed by atoms with van der Waals surface area (Å²) in [7, 11) is 1.86. The molecule has 1 aliphatic heterocycles. The number of rotatable bonds is 5. The van der Waals surface area contributed by atoms with E-state index in [2.05, 4.69) is 34.9 Å². The van der Waals surface area contributed by atoms with E-state index < -0.39 is 0 Å². The number of anilines is 1. The molecule has 0 saturated carbocycles. The molecule has 0 spiro atoms. The minimum atomic E-state index is 0.0705. The van der Waals surface area contributed by atoms with Gasteiger partial charge < -0.3 is 15.1 Å². The molecule has 26 heavy (non-hydrogen) atoms. The van der Waals surface area contributed by atoms with Crippen LogP contribution in [0.4, 0.5) is 5.69 Å². The molecule has 2 aromatic heterocycles. The molecule has 0 aliphatic carbocycles. The SMILES string of the molecule is CCNC(=NCC(C)c1cccs1)N1CCN(c2cnn(C)c2)C(=O)C1. The Balaban J connectivity index is 1.65. The first-order valence-electron chi connectivity index (χ1n) is 8.94. The lowest BCUT2D eigenvalue weighted by Gasteiger charge is -2.35. The molecule has 1 aliphatic rings. The van der Waals surface area contributed by atoms with Crippen molar-refractivity contribution in [2.24, 2.45) is 12.0 Å². The van der Waals surface area contributed by atoms with Gasteiger partial charge in [0.1, 0.15) is 6.54 Å². The standard InChI is InChI=1S/C18H26N6OS/c1-4-19-18(20-10-14(2)16-6-5-9-26-16)23-7-8-24(17(25)13-23)15-11-21-22(3)12-15/h5-6,9,11-12,14H,4,7-8,10,13H2,1-3H3,(H,19,20). The van der Waals surface area contributed by atoms with Gasteiger partial charge in [-0.1, -0.05) is 13.0 Å². The number of aliphatic imine (C=N–C) groups is 1. The average Bonchev–Trinajstić information content (AvgIpc) is 3.30. The van der Waals surface area contributed by atoms with Crippen molar-refractivity contribution in [1.82, 2.24) is 20.0 Å². The zero-order valence-electron chi connectivity index (χ0n) is 15.6. The Morgan fingerprint density at radius 2 is 2.31 bits per heavy atom. The van der Waals surface area contributed by atoms with Crippen molar-refractivity contribution in [2.45, 2.75) is 19.8 Å². The van der Waals surface area contributed by atoms with Crippen LogP contribution in [0.1, 0.15) is 24.6 Å². The van der Waals surface area contributed by atoms with E-state index in [-0.39, 0.29) is 5.91 Å². The van der Waals surface area contributed by atoms with E-state index in [1.807, 2.05) is 25.1 Å². The summed E-state index contributed by atoms with van der Waals surface area (Å²) in [5, 5.41) is 9.58. The summed E-state index contributed by atoms with van der Waals surface area (Å²) >= 11 is 1.76. The van der Waals surface area contributed by atoms with Crippen LogP contribution in [0.3, 0.4) is 0 Å². The van der Waals surface area contributed by atoms with Crippen LogP contribution in [0.2, 0.25) is 0 Å². The zero-order valence-corrected chi connectivity index (χ0v) is 16.4. The Kier molecular flexibility index (Phi) is 5.92. The number of carbonyl (C=O) groups excluding carboxylic acids is 1. The van der Waals surface area contributed by atoms with Crippen molar-refractivity contribution in [3.05, 3.63) is 34.8 Å². The molecule has 8 heteroatoms.